The highest BCUT2D eigenvalue weighted by atomic mass is 16.5. The van der Waals surface area contributed by atoms with E-state index in [9.17, 15) is 9.90 Å². The molecule has 0 saturated carbocycles. The van der Waals surface area contributed by atoms with Crippen molar-refractivity contribution in [2.45, 2.75) is 0 Å². The second kappa shape index (κ2) is 6.96. The van der Waals surface area contributed by atoms with Gasteiger partial charge in [-0.1, -0.05) is 36.4 Å². The zero-order chi connectivity index (χ0) is 15.1. The van der Waals surface area contributed by atoms with Gasteiger partial charge in [0.1, 0.15) is 0 Å². The number of phenolic OH excluding ortho intramolecular Hbond substituents is 2. The van der Waals surface area contributed by atoms with Gasteiger partial charge in [-0.3, -0.25) is 0 Å². The molecule has 4 nitrogen and oxygen atoms in total. The zero-order valence-electron chi connectivity index (χ0n) is 11.1. The Labute approximate surface area is 122 Å². The highest BCUT2D eigenvalue weighted by Gasteiger charge is 1.98. The van der Waals surface area contributed by atoms with Crippen LogP contribution in [0.1, 0.15) is 11.1 Å². The van der Waals surface area contributed by atoms with Gasteiger partial charge >= 0.3 is 5.97 Å². The molecule has 21 heavy (non-hydrogen) atoms. The van der Waals surface area contributed by atoms with Crippen molar-refractivity contribution in [1.29, 1.82) is 0 Å². The van der Waals surface area contributed by atoms with Crippen molar-refractivity contribution in [3.63, 3.8) is 0 Å². The van der Waals surface area contributed by atoms with Gasteiger partial charge in [0, 0.05) is 6.08 Å². The van der Waals surface area contributed by atoms with Crippen LogP contribution in [0.2, 0.25) is 0 Å². The first-order chi connectivity index (χ1) is 10.1. The molecule has 0 saturated heterocycles. The van der Waals surface area contributed by atoms with Crippen molar-refractivity contribution in [3.05, 3.63) is 72.0 Å². The molecule has 0 atom stereocenters. The summed E-state index contributed by atoms with van der Waals surface area (Å²) in [5.74, 6) is -0.930. The van der Waals surface area contributed by atoms with E-state index in [2.05, 4.69) is 0 Å². The van der Waals surface area contributed by atoms with E-state index in [1.807, 2.05) is 30.3 Å². The molecule has 0 aliphatic heterocycles. The number of ether oxygens (including phenoxy) is 1. The summed E-state index contributed by atoms with van der Waals surface area (Å²) >= 11 is 0. The molecule has 0 heterocycles. The standard InChI is InChI=1S/C17H14O4/c18-15-8-6-14(12-16(15)19)10-11-21-17(20)9-7-13-4-2-1-3-5-13/h1-12,18-19H/b9-7+,11-10+. The van der Waals surface area contributed by atoms with Crippen LogP contribution in [-0.4, -0.2) is 16.2 Å². The van der Waals surface area contributed by atoms with Gasteiger partial charge in [-0.15, -0.1) is 0 Å². The molecule has 4 heteroatoms. The molecule has 0 aromatic heterocycles. The van der Waals surface area contributed by atoms with Gasteiger partial charge in [0.25, 0.3) is 0 Å². The summed E-state index contributed by atoms with van der Waals surface area (Å²) in [5, 5.41) is 18.5. The molecule has 0 aliphatic carbocycles. The second-order valence-corrected chi connectivity index (χ2v) is 4.23. The Morgan fingerprint density at radius 1 is 0.905 bits per heavy atom. The summed E-state index contributed by atoms with van der Waals surface area (Å²) in [4.78, 5) is 11.5. The predicted molar refractivity (Wildman–Crippen MR) is 80.4 cm³/mol. The van der Waals surface area contributed by atoms with Gasteiger partial charge in [-0.25, -0.2) is 4.79 Å². The summed E-state index contributed by atoms with van der Waals surface area (Å²) in [5.41, 5.74) is 1.51. The van der Waals surface area contributed by atoms with Crippen LogP contribution in [0.5, 0.6) is 11.5 Å². The van der Waals surface area contributed by atoms with Crippen LogP contribution < -0.4 is 0 Å². The molecule has 0 aliphatic rings. The highest BCUT2D eigenvalue weighted by molar-refractivity contribution is 5.87. The molecular weight excluding hydrogens is 268 g/mol. The minimum Gasteiger partial charge on any atom is -0.504 e. The summed E-state index contributed by atoms with van der Waals surface area (Å²) < 4.78 is 4.89. The monoisotopic (exact) mass is 282 g/mol. The Morgan fingerprint density at radius 2 is 1.67 bits per heavy atom. The summed E-state index contributed by atoms with van der Waals surface area (Å²) in [6, 6.07) is 13.7. The Balaban J connectivity index is 1.90. The van der Waals surface area contributed by atoms with Crippen LogP contribution in [0.25, 0.3) is 12.2 Å². The van der Waals surface area contributed by atoms with Crippen molar-refractivity contribution < 1.29 is 19.7 Å². The summed E-state index contributed by atoms with van der Waals surface area (Å²) in [6.07, 6.45) is 5.72. The number of benzene rings is 2. The van der Waals surface area contributed by atoms with E-state index < -0.39 is 5.97 Å². The molecule has 2 rings (SSSR count). The molecule has 2 aromatic rings. The predicted octanol–water partition coefficient (Wildman–Crippen LogP) is 3.33. The average molecular weight is 282 g/mol. The van der Waals surface area contributed by atoms with E-state index in [1.165, 1.54) is 30.5 Å². The molecule has 106 valence electrons. The third-order valence-corrected chi connectivity index (χ3v) is 2.66. The minimum absolute atomic E-state index is 0.199. The number of aromatic hydroxyl groups is 2. The molecule has 0 spiro atoms. The van der Waals surface area contributed by atoms with Crippen molar-refractivity contribution in [2.24, 2.45) is 0 Å². The number of carbonyl (C=O) groups is 1. The highest BCUT2D eigenvalue weighted by Crippen LogP contribution is 2.25. The zero-order valence-corrected chi connectivity index (χ0v) is 11.1. The maximum atomic E-state index is 11.5. The molecule has 2 N–H and O–H groups in total. The number of rotatable bonds is 4. The molecular formula is C17H14O4. The lowest BCUT2D eigenvalue weighted by Crippen LogP contribution is -1.93. The molecule has 0 amide bonds. The van der Waals surface area contributed by atoms with Crippen LogP contribution >= 0.6 is 0 Å². The van der Waals surface area contributed by atoms with Gasteiger partial charge in [0.2, 0.25) is 0 Å². The van der Waals surface area contributed by atoms with Crippen LogP contribution in [0.4, 0.5) is 0 Å². The fourth-order valence-corrected chi connectivity index (χ4v) is 1.59. The first-order valence-electron chi connectivity index (χ1n) is 6.27. The van der Waals surface area contributed by atoms with Crippen LogP contribution in [0, 0.1) is 0 Å². The lowest BCUT2D eigenvalue weighted by molar-refractivity contribution is -0.132. The molecule has 0 radical (unpaired) electrons. The lowest BCUT2D eigenvalue weighted by atomic mass is 10.2. The Bertz CT molecular complexity index is 672. The van der Waals surface area contributed by atoms with E-state index in [0.29, 0.717) is 5.56 Å². The second-order valence-electron chi connectivity index (χ2n) is 4.23. The number of phenols is 2. The number of carbonyl (C=O) groups excluding carboxylic acids is 1. The molecule has 2 aromatic carbocycles. The number of hydrogen-bond acceptors (Lipinski definition) is 4. The van der Waals surface area contributed by atoms with Crippen LogP contribution in [0.15, 0.2) is 60.9 Å². The first kappa shape index (κ1) is 14.4. The normalized spacial score (nSPS) is 11.0. The molecule has 0 fully saturated rings. The van der Waals surface area contributed by atoms with E-state index >= 15 is 0 Å². The summed E-state index contributed by atoms with van der Waals surface area (Å²) in [6.45, 7) is 0. The maximum Gasteiger partial charge on any atom is 0.335 e. The van der Waals surface area contributed by atoms with E-state index in [1.54, 1.807) is 12.1 Å². The average Bonchev–Trinajstić information content (AvgIpc) is 2.50. The lowest BCUT2D eigenvalue weighted by Gasteiger charge is -1.98. The molecule has 0 bridgehead atoms. The quantitative estimate of drug-likeness (QED) is 0.391. The van der Waals surface area contributed by atoms with Crippen molar-refractivity contribution in [1.82, 2.24) is 0 Å². The van der Waals surface area contributed by atoms with Crippen molar-refractivity contribution >= 4 is 18.1 Å². The van der Waals surface area contributed by atoms with E-state index in [-0.39, 0.29) is 11.5 Å². The van der Waals surface area contributed by atoms with Gasteiger partial charge in [-0.05, 0) is 35.4 Å². The number of hydrogen-bond donors (Lipinski definition) is 2. The van der Waals surface area contributed by atoms with Crippen LogP contribution in [-0.2, 0) is 9.53 Å². The largest absolute Gasteiger partial charge is 0.504 e. The Morgan fingerprint density at radius 3 is 2.38 bits per heavy atom. The number of esters is 1. The minimum atomic E-state index is -0.502. The van der Waals surface area contributed by atoms with Gasteiger partial charge in [0.15, 0.2) is 11.5 Å². The third kappa shape index (κ3) is 4.54. The van der Waals surface area contributed by atoms with E-state index in [4.69, 9.17) is 9.84 Å². The van der Waals surface area contributed by atoms with Crippen molar-refractivity contribution in [3.8, 4) is 11.5 Å². The molecule has 0 unspecified atom stereocenters. The smallest absolute Gasteiger partial charge is 0.335 e. The van der Waals surface area contributed by atoms with Gasteiger partial charge in [-0.2, -0.15) is 0 Å². The Kier molecular flexibility index (Phi) is 4.77. The van der Waals surface area contributed by atoms with Crippen molar-refractivity contribution in [2.75, 3.05) is 0 Å². The van der Waals surface area contributed by atoms with E-state index in [0.717, 1.165) is 5.56 Å². The third-order valence-electron chi connectivity index (χ3n) is 2.66. The first-order valence-corrected chi connectivity index (χ1v) is 6.27. The SMILES string of the molecule is O=C(/C=C/c1ccccc1)O/C=C/c1ccc(O)c(O)c1. The fourth-order valence-electron chi connectivity index (χ4n) is 1.59. The Hall–Kier alpha value is -3.01. The maximum absolute atomic E-state index is 11.5. The topological polar surface area (TPSA) is 66.8 Å². The fraction of sp³-hybridized carbons (Fsp3) is 0. The van der Waals surface area contributed by atoms with Gasteiger partial charge in [0.05, 0.1) is 6.26 Å². The van der Waals surface area contributed by atoms with Gasteiger partial charge < -0.3 is 14.9 Å². The summed E-state index contributed by atoms with van der Waals surface area (Å²) in [7, 11) is 0. The van der Waals surface area contributed by atoms with Crippen LogP contribution in [0.3, 0.4) is 0 Å².